The summed E-state index contributed by atoms with van der Waals surface area (Å²) < 4.78 is 43.5. The third kappa shape index (κ3) is 4.70. The average Bonchev–Trinajstić information content (AvgIpc) is 2.69. The fraction of sp³-hybridized carbons (Fsp3) is 0.318. The van der Waals surface area contributed by atoms with Gasteiger partial charge in [-0.2, -0.15) is 0 Å². The number of para-hydroxylation sites is 2. The zero-order valence-corrected chi connectivity index (χ0v) is 16.5. The predicted molar refractivity (Wildman–Crippen MR) is 109 cm³/mol. The highest BCUT2D eigenvalue weighted by molar-refractivity contribution is 6.06. The van der Waals surface area contributed by atoms with E-state index < -0.39 is 18.0 Å². The zero-order chi connectivity index (χ0) is 22.0. The molecule has 4 rings (SSSR count). The maximum Gasteiger partial charge on any atom is 0.573 e. The number of anilines is 1. The smallest absolute Gasteiger partial charge is 0.404 e. The van der Waals surface area contributed by atoms with Crippen LogP contribution in [0.4, 0.5) is 18.9 Å². The summed E-state index contributed by atoms with van der Waals surface area (Å²) in [5.41, 5.74) is 0.315. The van der Waals surface area contributed by atoms with Gasteiger partial charge in [0, 0.05) is 18.5 Å². The Bertz CT molecular complexity index is 1190. The van der Waals surface area contributed by atoms with Crippen molar-refractivity contribution in [3.05, 3.63) is 64.2 Å². The summed E-state index contributed by atoms with van der Waals surface area (Å²) in [6.07, 6.45) is -0.192. The summed E-state index contributed by atoms with van der Waals surface area (Å²) in [5.74, 6) is -0.450. The van der Waals surface area contributed by atoms with Crippen LogP contribution in [0.1, 0.15) is 41.9 Å². The molecule has 0 fully saturated rings. The zero-order valence-electron chi connectivity index (χ0n) is 16.5. The van der Waals surface area contributed by atoms with Crippen molar-refractivity contribution in [2.45, 2.75) is 45.0 Å². The predicted octanol–water partition coefficient (Wildman–Crippen LogP) is 4.66. The maximum atomic E-state index is 12.9. The van der Waals surface area contributed by atoms with Crippen molar-refractivity contribution in [2.75, 3.05) is 5.32 Å². The van der Waals surface area contributed by atoms with E-state index in [4.69, 9.17) is 0 Å². The molecular formula is C22H20F3N3O3. The van der Waals surface area contributed by atoms with Crippen molar-refractivity contribution >= 4 is 22.5 Å². The Morgan fingerprint density at radius 1 is 1.06 bits per heavy atom. The van der Waals surface area contributed by atoms with Crippen molar-refractivity contribution in [1.82, 2.24) is 9.55 Å². The van der Waals surface area contributed by atoms with Crippen LogP contribution >= 0.6 is 0 Å². The summed E-state index contributed by atoms with van der Waals surface area (Å²) in [4.78, 5) is 30.2. The Balaban J connectivity index is 1.65. The Morgan fingerprint density at radius 3 is 2.65 bits per heavy atom. The van der Waals surface area contributed by atoms with Crippen LogP contribution in [0.2, 0.25) is 0 Å². The van der Waals surface area contributed by atoms with Crippen molar-refractivity contribution in [3.63, 3.8) is 0 Å². The van der Waals surface area contributed by atoms with E-state index in [2.05, 4.69) is 15.0 Å². The number of aryl methyl sites for hydroxylation is 1. The number of alkyl halides is 3. The van der Waals surface area contributed by atoms with Crippen molar-refractivity contribution in [1.29, 1.82) is 0 Å². The average molecular weight is 431 g/mol. The number of amides is 1. The molecule has 31 heavy (non-hydrogen) atoms. The van der Waals surface area contributed by atoms with Gasteiger partial charge in [0.2, 0.25) is 0 Å². The maximum absolute atomic E-state index is 12.9. The number of aromatic nitrogens is 2. The summed E-state index contributed by atoms with van der Waals surface area (Å²) in [6, 6.07) is 9.77. The molecule has 1 N–H and O–H groups in total. The molecule has 0 unspecified atom stereocenters. The van der Waals surface area contributed by atoms with Gasteiger partial charge in [-0.15, -0.1) is 13.2 Å². The van der Waals surface area contributed by atoms with Crippen LogP contribution in [-0.2, 0) is 13.0 Å². The Labute approximate surface area is 175 Å². The first-order chi connectivity index (χ1) is 14.8. The lowest BCUT2D eigenvalue weighted by atomic mass is 10.1. The number of rotatable bonds is 3. The number of benzene rings is 2. The molecule has 9 heteroatoms. The summed E-state index contributed by atoms with van der Waals surface area (Å²) in [7, 11) is 0. The minimum atomic E-state index is -4.88. The number of carbonyl (C=O) groups is 1. The normalized spacial score (nSPS) is 14.4. The van der Waals surface area contributed by atoms with E-state index in [1.165, 1.54) is 36.4 Å². The molecule has 0 bridgehead atoms. The number of hydrogen-bond acceptors (Lipinski definition) is 4. The number of halogens is 3. The topological polar surface area (TPSA) is 73.2 Å². The van der Waals surface area contributed by atoms with Crippen molar-refractivity contribution in [3.8, 4) is 5.75 Å². The molecule has 0 aliphatic carbocycles. The van der Waals surface area contributed by atoms with Gasteiger partial charge in [0.05, 0.1) is 16.6 Å². The molecule has 3 aromatic rings. The van der Waals surface area contributed by atoms with Gasteiger partial charge in [0.1, 0.15) is 5.82 Å². The highest BCUT2D eigenvalue weighted by Gasteiger charge is 2.32. The number of carbonyl (C=O) groups excluding carboxylic acids is 1. The third-order valence-electron chi connectivity index (χ3n) is 5.19. The Hall–Kier alpha value is -3.36. The molecule has 1 aliphatic heterocycles. The van der Waals surface area contributed by atoms with Crippen LogP contribution in [0.3, 0.4) is 0 Å². The first-order valence-corrected chi connectivity index (χ1v) is 10.0. The fourth-order valence-corrected chi connectivity index (χ4v) is 3.71. The Morgan fingerprint density at radius 2 is 1.84 bits per heavy atom. The first-order valence-electron chi connectivity index (χ1n) is 10.0. The van der Waals surface area contributed by atoms with Crippen molar-refractivity contribution in [2.24, 2.45) is 0 Å². The van der Waals surface area contributed by atoms with Crippen LogP contribution in [0.5, 0.6) is 5.75 Å². The van der Waals surface area contributed by atoms with Crippen LogP contribution in [0.15, 0.2) is 47.3 Å². The minimum absolute atomic E-state index is 0.115. The molecule has 0 saturated carbocycles. The van der Waals surface area contributed by atoms with E-state index in [0.29, 0.717) is 29.7 Å². The minimum Gasteiger partial charge on any atom is -0.404 e. The van der Waals surface area contributed by atoms with E-state index >= 15 is 0 Å². The first kappa shape index (κ1) is 20.9. The lowest BCUT2D eigenvalue weighted by Crippen LogP contribution is -2.26. The lowest BCUT2D eigenvalue weighted by Gasteiger charge is -2.16. The number of nitrogens with zero attached hydrogens (tertiary/aromatic N) is 2. The van der Waals surface area contributed by atoms with E-state index in [1.807, 2.05) is 0 Å². The molecule has 2 aromatic carbocycles. The summed E-state index contributed by atoms with van der Waals surface area (Å²) in [6.45, 7) is 0.620. The molecule has 6 nitrogen and oxygen atoms in total. The number of fused-ring (bicyclic) bond motifs is 2. The molecule has 0 spiro atoms. The second-order valence-electron chi connectivity index (χ2n) is 7.38. The monoisotopic (exact) mass is 431 g/mol. The van der Waals surface area contributed by atoms with Gasteiger partial charge in [-0.25, -0.2) is 4.98 Å². The molecule has 0 saturated heterocycles. The fourth-order valence-electron chi connectivity index (χ4n) is 3.71. The van der Waals surface area contributed by atoms with E-state index in [0.717, 1.165) is 31.7 Å². The molecule has 1 amide bonds. The van der Waals surface area contributed by atoms with Gasteiger partial charge in [-0.05, 0) is 43.2 Å². The number of hydrogen-bond donors (Lipinski definition) is 1. The second kappa shape index (κ2) is 8.41. The van der Waals surface area contributed by atoms with E-state index in [9.17, 15) is 22.8 Å². The standard InChI is InChI=1S/C22H20F3N3O3/c23-22(24,25)31-18-8-5-4-7-16(18)27-20(29)14-10-11-15-17(13-14)26-19-9-3-1-2-6-12-28(19)21(15)30/h4-5,7-8,10-11,13H,1-3,6,9,12H2,(H,27,29). The van der Waals surface area contributed by atoms with Gasteiger partial charge in [-0.3, -0.25) is 14.2 Å². The molecule has 162 valence electrons. The van der Waals surface area contributed by atoms with Crippen molar-refractivity contribution < 1.29 is 22.7 Å². The van der Waals surface area contributed by atoms with Gasteiger partial charge < -0.3 is 10.1 Å². The molecule has 0 atom stereocenters. The third-order valence-corrected chi connectivity index (χ3v) is 5.19. The SMILES string of the molecule is O=C(Nc1ccccc1OC(F)(F)F)c1ccc2c(=O)n3c(nc2c1)CCCCCC3. The van der Waals surface area contributed by atoms with E-state index in [-0.39, 0.29) is 16.8 Å². The summed E-state index contributed by atoms with van der Waals surface area (Å²) >= 11 is 0. The molecule has 2 heterocycles. The molecule has 1 aliphatic rings. The summed E-state index contributed by atoms with van der Waals surface area (Å²) in [5, 5.41) is 2.84. The molecule has 0 radical (unpaired) electrons. The second-order valence-corrected chi connectivity index (χ2v) is 7.38. The van der Waals surface area contributed by atoms with Crippen LogP contribution in [0.25, 0.3) is 10.9 Å². The quantitative estimate of drug-likeness (QED) is 0.655. The molecular weight excluding hydrogens is 411 g/mol. The van der Waals surface area contributed by atoms with Gasteiger partial charge >= 0.3 is 6.36 Å². The van der Waals surface area contributed by atoms with E-state index in [1.54, 1.807) is 4.57 Å². The van der Waals surface area contributed by atoms with Gasteiger partial charge in [0.15, 0.2) is 5.75 Å². The van der Waals surface area contributed by atoms with Crippen LogP contribution in [-0.4, -0.2) is 21.8 Å². The highest BCUT2D eigenvalue weighted by atomic mass is 19.4. The number of nitrogens with one attached hydrogen (secondary N) is 1. The largest absolute Gasteiger partial charge is 0.573 e. The van der Waals surface area contributed by atoms with Crippen LogP contribution < -0.4 is 15.6 Å². The molecule has 1 aromatic heterocycles. The van der Waals surface area contributed by atoms with Gasteiger partial charge in [-0.1, -0.05) is 25.0 Å². The van der Waals surface area contributed by atoms with Gasteiger partial charge in [0.25, 0.3) is 11.5 Å². The number of ether oxygens (including phenoxy) is 1. The lowest BCUT2D eigenvalue weighted by molar-refractivity contribution is -0.274. The highest BCUT2D eigenvalue weighted by Crippen LogP contribution is 2.30. The Kier molecular flexibility index (Phi) is 5.67. The van der Waals surface area contributed by atoms with Crippen LogP contribution in [0, 0.1) is 0 Å².